The number of piperidine rings is 1. The number of rotatable bonds is 5. The zero-order valence-corrected chi connectivity index (χ0v) is 25.6. The highest BCUT2D eigenvalue weighted by Crippen LogP contribution is 2.35. The van der Waals surface area contributed by atoms with E-state index >= 15 is 0 Å². The molecule has 3 aliphatic heterocycles. The number of hydrogen-bond donors (Lipinski definition) is 0. The summed E-state index contributed by atoms with van der Waals surface area (Å²) in [6.07, 6.45) is 5.67. The summed E-state index contributed by atoms with van der Waals surface area (Å²) < 4.78 is 36.4. The first-order chi connectivity index (χ1) is 20.2. The molecule has 220 valence electrons. The lowest BCUT2D eigenvalue weighted by atomic mass is 10.0. The topological polar surface area (TPSA) is 97.1 Å². The van der Waals surface area contributed by atoms with Gasteiger partial charge in [0.15, 0.2) is 5.17 Å². The van der Waals surface area contributed by atoms with Crippen molar-refractivity contribution in [2.75, 3.05) is 26.2 Å². The Morgan fingerprint density at radius 3 is 2.50 bits per heavy atom. The maximum Gasteiger partial charge on any atom is 0.286 e. The Balaban J connectivity index is 1.36. The number of aromatic nitrogens is 2. The van der Waals surface area contributed by atoms with Gasteiger partial charge in [-0.3, -0.25) is 4.79 Å². The number of nitrogens with zero attached hydrogens (tertiary/aromatic N) is 5. The molecule has 11 heteroatoms. The van der Waals surface area contributed by atoms with E-state index in [-0.39, 0.29) is 23.0 Å². The molecule has 3 unspecified atom stereocenters. The molecule has 3 aliphatic rings. The predicted molar refractivity (Wildman–Crippen MR) is 166 cm³/mol. The van der Waals surface area contributed by atoms with Crippen molar-refractivity contribution in [3.05, 3.63) is 71.3 Å². The van der Waals surface area contributed by atoms with Gasteiger partial charge in [0.1, 0.15) is 5.69 Å². The molecule has 3 aromatic rings. The number of sulfonamides is 1. The van der Waals surface area contributed by atoms with Gasteiger partial charge in [-0.2, -0.15) is 14.4 Å². The molecule has 0 spiro atoms. The van der Waals surface area contributed by atoms with Crippen LogP contribution in [0.25, 0.3) is 23.0 Å². The summed E-state index contributed by atoms with van der Waals surface area (Å²) in [5.41, 5.74) is 2.81. The van der Waals surface area contributed by atoms with Gasteiger partial charge in [0, 0.05) is 43.5 Å². The van der Waals surface area contributed by atoms with Crippen molar-refractivity contribution >= 4 is 38.9 Å². The van der Waals surface area contributed by atoms with Gasteiger partial charge in [-0.1, -0.05) is 37.3 Å². The van der Waals surface area contributed by atoms with Crippen LogP contribution in [0.1, 0.15) is 39.2 Å². The summed E-state index contributed by atoms with van der Waals surface area (Å²) in [5, 5.41) is 5.55. The van der Waals surface area contributed by atoms with Crippen molar-refractivity contribution in [1.29, 1.82) is 0 Å². The molecule has 6 rings (SSSR count). The molecule has 0 saturated carbocycles. The Hall–Kier alpha value is -3.25. The third-order valence-electron chi connectivity index (χ3n) is 7.71. The zero-order valence-electron chi connectivity index (χ0n) is 24.0. The third kappa shape index (κ3) is 5.96. The van der Waals surface area contributed by atoms with Gasteiger partial charge in [-0.25, -0.2) is 13.1 Å². The molecule has 1 amide bonds. The van der Waals surface area contributed by atoms with Crippen molar-refractivity contribution in [3.8, 4) is 16.9 Å². The van der Waals surface area contributed by atoms with E-state index in [0.29, 0.717) is 59.0 Å². The van der Waals surface area contributed by atoms with E-state index in [1.165, 1.54) is 11.8 Å². The lowest BCUT2D eigenvalue weighted by Gasteiger charge is -2.35. The van der Waals surface area contributed by atoms with Crippen LogP contribution in [-0.4, -0.2) is 76.9 Å². The summed E-state index contributed by atoms with van der Waals surface area (Å²) in [6, 6.07) is 16.7. The SMILES string of the molecule is CC1CCCN(S(=O)(=O)c2cccc(-c3nn(-c4ccccc4)cc3C=C3SC(N4CC(C)OC(C)C4)=NC3=O)c2)C1. The average molecular weight is 606 g/mol. The Morgan fingerprint density at radius 2 is 1.76 bits per heavy atom. The number of benzene rings is 2. The Morgan fingerprint density at radius 1 is 1.00 bits per heavy atom. The Labute approximate surface area is 251 Å². The fraction of sp³-hybridized carbons (Fsp3) is 0.387. The van der Waals surface area contributed by atoms with Crippen molar-refractivity contribution < 1.29 is 17.9 Å². The predicted octanol–water partition coefficient (Wildman–Crippen LogP) is 5.04. The van der Waals surface area contributed by atoms with Gasteiger partial charge in [-0.15, -0.1) is 0 Å². The summed E-state index contributed by atoms with van der Waals surface area (Å²) in [4.78, 5) is 20.3. The minimum absolute atomic E-state index is 0.0487. The van der Waals surface area contributed by atoms with Gasteiger partial charge in [0.2, 0.25) is 10.0 Å². The molecule has 42 heavy (non-hydrogen) atoms. The highest BCUT2D eigenvalue weighted by atomic mass is 32.2. The first-order valence-corrected chi connectivity index (χ1v) is 16.6. The van der Waals surface area contributed by atoms with Crippen LogP contribution >= 0.6 is 11.8 Å². The van der Waals surface area contributed by atoms with Gasteiger partial charge < -0.3 is 9.64 Å². The smallest absolute Gasteiger partial charge is 0.286 e. The minimum Gasteiger partial charge on any atom is -0.372 e. The summed E-state index contributed by atoms with van der Waals surface area (Å²) in [6.45, 7) is 8.52. The molecular weight excluding hydrogens is 571 g/mol. The van der Waals surface area contributed by atoms with Crippen molar-refractivity contribution in [2.45, 2.75) is 50.7 Å². The third-order valence-corrected chi connectivity index (χ3v) is 10.6. The van der Waals surface area contributed by atoms with E-state index in [0.717, 1.165) is 18.5 Å². The number of carbonyl (C=O) groups is 1. The summed E-state index contributed by atoms with van der Waals surface area (Å²) in [5.74, 6) is 0.0321. The molecule has 0 aliphatic carbocycles. The number of para-hydroxylation sites is 1. The first-order valence-electron chi connectivity index (χ1n) is 14.4. The quantitative estimate of drug-likeness (QED) is 0.376. The maximum atomic E-state index is 13.6. The van der Waals surface area contributed by atoms with Gasteiger partial charge in [0.25, 0.3) is 5.91 Å². The molecule has 2 aromatic carbocycles. The number of morpholine rings is 1. The van der Waals surface area contributed by atoms with Crippen LogP contribution in [0.5, 0.6) is 0 Å². The highest BCUT2D eigenvalue weighted by Gasteiger charge is 2.32. The first kappa shape index (κ1) is 28.9. The molecular formula is C31H35N5O4S2. The van der Waals surface area contributed by atoms with Crippen LogP contribution < -0.4 is 0 Å². The highest BCUT2D eigenvalue weighted by molar-refractivity contribution is 8.18. The van der Waals surface area contributed by atoms with Crippen molar-refractivity contribution in [1.82, 2.24) is 19.0 Å². The number of amidine groups is 1. The maximum absolute atomic E-state index is 13.6. The van der Waals surface area contributed by atoms with Crippen LogP contribution in [0, 0.1) is 5.92 Å². The zero-order chi connectivity index (χ0) is 29.4. The van der Waals surface area contributed by atoms with Crippen LogP contribution in [0.2, 0.25) is 0 Å². The van der Waals surface area contributed by atoms with E-state index in [2.05, 4.69) is 16.8 Å². The second-order valence-corrected chi connectivity index (χ2v) is 14.3. The second kappa shape index (κ2) is 11.8. The second-order valence-electron chi connectivity index (χ2n) is 11.3. The van der Waals surface area contributed by atoms with E-state index in [1.807, 2.05) is 62.5 Å². The Bertz CT molecular complexity index is 1640. The number of carbonyl (C=O) groups excluding carboxylic acids is 1. The molecule has 3 atom stereocenters. The molecule has 9 nitrogen and oxygen atoms in total. The van der Waals surface area contributed by atoms with Crippen molar-refractivity contribution in [2.24, 2.45) is 10.9 Å². The molecule has 0 N–H and O–H groups in total. The normalized spacial score (nSPS) is 24.8. The number of aliphatic imine (C=N–C) groups is 1. The number of ether oxygens (including phenoxy) is 1. The van der Waals surface area contributed by atoms with E-state index in [4.69, 9.17) is 9.84 Å². The minimum atomic E-state index is -3.65. The molecule has 2 saturated heterocycles. The van der Waals surface area contributed by atoms with E-state index in [1.54, 1.807) is 27.2 Å². The molecule has 0 radical (unpaired) electrons. The fourth-order valence-corrected chi connectivity index (χ4v) is 8.32. The number of hydrogen-bond acceptors (Lipinski definition) is 7. The lowest BCUT2D eigenvalue weighted by molar-refractivity contribution is -0.113. The van der Waals surface area contributed by atoms with Gasteiger partial charge in [-0.05, 0) is 74.7 Å². The largest absolute Gasteiger partial charge is 0.372 e. The van der Waals surface area contributed by atoms with Crippen LogP contribution in [0.15, 0.2) is 75.6 Å². The number of amides is 1. The average Bonchev–Trinajstić information content (AvgIpc) is 3.57. The van der Waals surface area contributed by atoms with Crippen LogP contribution in [0.3, 0.4) is 0 Å². The fourth-order valence-electron chi connectivity index (χ4n) is 5.76. The molecule has 0 bridgehead atoms. The van der Waals surface area contributed by atoms with Crippen molar-refractivity contribution in [3.63, 3.8) is 0 Å². The number of thioether (sulfide) groups is 1. The summed E-state index contributed by atoms with van der Waals surface area (Å²) >= 11 is 1.35. The molecule has 2 fully saturated rings. The molecule has 4 heterocycles. The van der Waals surface area contributed by atoms with E-state index in [9.17, 15) is 13.2 Å². The monoisotopic (exact) mass is 605 g/mol. The molecule has 1 aromatic heterocycles. The lowest BCUT2D eigenvalue weighted by Crippen LogP contribution is -2.47. The van der Waals surface area contributed by atoms with E-state index < -0.39 is 10.0 Å². The van der Waals surface area contributed by atoms with Gasteiger partial charge in [0.05, 0.1) is 27.7 Å². The summed E-state index contributed by atoms with van der Waals surface area (Å²) in [7, 11) is -3.65. The van der Waals surface area contributed by atoms with Crippen LogP contribution in [0.4, 0.5) is 0 Å². The van der Waals surface area contributed by atoms with Gasteiger partial charge >= 0.3 is 0 Å². The Kier molecular flexibility index (Phi) is 8.10. The standard InChI is InChI=1S/C31H35N5O4S2/c1-21-9-8-14-35(17-21)42(38,39)27-13-7-10-24(15-27)29-25(20-36(33-29)26-11-5-4-6-12-26)16-28-30(37)32-31(41-28)34-18-22(2)40-23(3)19-34/h4-7,10-13,15-16,20-23H,8-9,14,17-19H2,1-3H3. The van der Waals surface area contributed by atoms with Crippen LogP contribution in [-0.2, 0) is 19.6 Å².